The molecule has 0 unspecified atom stereocenters. The molecule has 0 amide bonds. The van der Waals surface area contributed by atoms with E-state index in [0.717, 1.165) is 11.5 Å². The van der Waals surface area contributed by atoms with Gasteiger partial charge in [0, 0.05) is 31.4 Å². The number of hydrogen-bond donors (Lipinski definition) is 2. The molecule has 6 heteroatoms. The molecule has 19 heavy (non-hydrogen) atoms. The van der Waals surface area contributed by atoms with Crippen molar-refractivity contribution in [2.75, 3.05) is 13.7 Å². The Morgan fingerprint density at radius 3 is 2.79 bits per heavy atom. The molecule has 0 radical (unpaired) electrons. The summed E-state index contributed by atoms with van der Waals surface area (Å²) >= 11 is 0. The van der Waals surface area contributed by atoms with Gasteiger partial charge in [0.2, 0.25) is 5.88 Å². The summed E-state index contributed by atoms with van der Waals surface area (Å²) in [4.78, 5) is 8.36. The standard InChI is InChI=1S/C13H22N4O.HI/c1-5-18-12-11(7-6-8-15-12)9-16-13(14-4)17-10(2)3;/h6-8,10H,5,9H2,1-4H3,(H2,14,16,17);1H. The van der Waals surface area contributed by atoms with Gasteiger partial charge in [-0.2, -0.15) is 0 Å². The third-order valence-electron chi connectivity index (χ3n) is 2.23. The van der Waals surface area contributed by atoms with Crippen LogP contribution in [-0.2, 0) is 6.54 Å². The van der Waals surface area contributed by atoms with Crippen molar-refractivity contribution in [1.29, 1.82) is 0 Å². The Morgan fingerprint density at radius 1 is 1.47 bits per heavy atom. The SMILES string of the molecule is CCOc1ncccc1CNC(=NC)NC(C)C.I. The van der Waals surface area contributed by atoms with E-state index in [1.54, 1.807) is 13.2 Å². The lowest BCUT2D eigenvalue weighted by Gasteiger charge is -2.15. The highest BCUT2D eigenvalue weighted by Gasteiger charge is 2.05. The molecule has 0 saturated carbocycles. The largest absolute Gasteiger partial charge is 0.478 e. The number of ether oxygens (including phenoxy) is 1. The van der Waals surface area contributed by atoms with Gasteiger partial charge < -0.3 is 15.4 Å². The fraction of sp³-hybridized carbons (Fsp3) is 0.538. The molecule has 0 aliphatic heterocycles. The average Bonchev–Trinajstić information content (AvgIpc) is 2.36. The first kappa shape index (κ1) is 17.9. The van der Waals surface area contributed by atoms with Crippen molar-refractivity contribution in [3.8, 4) is 5.88 Å². The molecule has 1 aromatic heterocycles. The molecule has 0 spiro atoms. The molecule has 0 aliphatic carbocycles. The van der Waals surface area contributed by atoms with Crippen LogP contribution in [-0.4, -0.2) is 30.6 Å². The third-order valence-corrected chi connectivity index (χ3v) is 2.23. The number of pyridine rings is 1. The molecule has 2 N–H and O–H groups in total. The zero-order valence-electron chi connectivity index (χ0n) is 11.9. The first-order valence-corrected chi connectivity index (χ1v) is 6.21. The van der Waals surface area contributed by atoms with E-state index in [4.69, 9.17) is 4.74 Å². The smallest absolute Gasteiger partial charge is 0.218 e. The number of guanidine groups is 1. The number of hydrogen-bond acceptors (Lipinski definition) is 3. The first-order valence-electron chi connectivity index (χ1n) is 6.21. The topological polar surface area (TPSA) is 58.5 Å². The van der Waals surface area contributed by atoms with E-state index in [1.165, 1.54) is 0 Å². The Balaban J connectivity index is 0.00000324. The van der Waals surface area contributed by atoms with E-state index in [1.807, 2.05) is 19.1 Å². The number of aliphatic imine (C=N–C) groups is 1. The minimum Gasteiger partial charge on any atom is -0.478 e. The summed E-state index contributed by atoms with van der Waals surface area (Å²) in [5.41, 5.74) is 1.02. The van der Waals surface area contributed by atoms with Crippen molar-refractivity contribution in [2.45, 2.75) is 33.4 Å². The van der Waals surface area contributed by atoms with E-state index in [0.29, 0.717) is 25.1 Å². The molecule has 0 aromatic carbocycles. The number of nitrogens with one attached hydrogen (secondary N) is 2. The van der Waals surface area contributed by atoms with E-state index >= 15 is 0 Å². The number of halogens is 1. The van der Waals surface area contributed by atoms with Gasteiger partial charge in [-0.1, -0.05) is 6.07 Å². The molecular formula is C13H23IN4O. The lowest BCUT2D eigenvalue weighted by molar-refractivity contribution is 0.322. The first-order chi connectivity index (χ1) is 8.67. The molecule has 0 fully saturated rings. The molecule has 0 atom stereocenters. The Morgan fingerprint density at radius 2 is 2.21 bits per heavy atom. The maximum Gasteiger partial charge on any atom is 0.218 e. The Kier molecular flexibility index (Phi) is 9.28. The lowest BCUT2D eigenvalue weighted by atomic mass is 10.2. The summed E-state index contributed by atoms with van der Waals surface area (Å²) in [5.74, 6) is 1.45. The highest BCUT2D eigenvalue weighted by atomic mass is 127. The third kappa shape index (κ3) is 6.60. The van der Waals surface area contributed by atoms with Gasteiger partial charge in [-0.25, -0.2) is 4.98 Å². The molecule has 1 rings (SSSR count). The van der Waals surface area contributed by atoms with Gasteiger partial charge in [0.05, 0.1) is 6.61 Å². The van der Waals surface area contributed by atoms with Crippen molar-refractivity contribution >= 4 is 29.9 Å². The van der Waals surface area contributed by atoms with Crippen LogP contribution in [0.2, 0.25) is 0 Å². The predicted molar refractivity (Wildman–Crippen MR) is 89.3 cm³/mol. The van der Waals surface area contributed by atoms with E-state index < -0.39 is 0 Å². The van der Waals surface area contributed by atoms with E-state index in [9.17, 15) is 0 Å². The summed E-state index contributed by atoms with van der Waals surface area (Å²) in [7, 11) is 1.75. The fourth-order valence-corrected chi connectivity index (χ4v) is 1.47. The van der Waals surface area contributed by atoms with Crippen LogP contribution in [0.15, 0.2) is 23.3 Å². The van der Waals surface area contributed by atoms with Crippen LogP contribution in [0, 0.1) is 0 Å². The van der Waals surface area contributed by atoms with Crippen LogP contribution in [0.4, 0.5) is 0 Å². The van der Waals surface area contributed by atoms with Crippen LogP contribution in [0.25, 0.3) is 0 Å². The van der Waals surface area contributed by atoms with Crippen molar-refractivity contribution in [3.05, 3.63) is 23.9 Å². The van der Waals surface area contributed by atoms with Crippen LogP contribution in [0.5, 0.6) is 5.88 Å². The van der Waals surface area contributed by atoms with Crippen molar-refractivity contribution in [1.82, 2.24) is 15.6 Å². The molecule has 1 heterocycles. The van der Waals surface area contributed by atoms with Crippen LogP contribution in [0.3, 0.4) is 0 Å². The molecule has 1 aromatic rings. The minimum atomic E-state index is 0. The Labute approximate surface area is 132 Å². The Hall–Kier alpha value is -1.05. The second-order valence-electron chi connectivity index (χ2n) is 4.13. The second kappa shape index (κ2) is 9.82. The molecule has 5 nitrogen and oxygen atoms in total. The molecular weight excluding hydrogens is 355 g/mol. The van der Waals surface area contributed by atoms with Gasteiger partial charge in [0.15, 0.2) is 5.96 Å². The highest BCUT2D eigenvalue weighted by Crippen LogP contribution is 2.13. The summed E-state index contributed by atoms with van der Waals surface area (Å²) in [6.07, 6.45) is 1.73. The second-order valence-corrected chi connectivity index (χ2v) is 4.13. The van der Waals surface area contributed by atoms with E-state index in [-0.39, 0.29) is 24.0 Å². The summed E-state index contributed by atoms with van der Waals surface area (Å²) < 4.78 is 5.47. The zero-order valence-corrected chi connectivity index (χ0v) is 14.3. The quantitative estimate of drug-likeness (QED) is 0.469. The van der Waals surface area contributed by atoms with Gasteiger partial charge in [-0.15, -0.1) is 24.0 Å². The van der Waals surface area contributed by atoms with Gasteiger partial charge in [-0.3, -0.25) is 4.99 Å². The monoisotopic (exact) mass is 378 g/mol. The van der Waals surface area contributed by atoms with Crippen LogP contribution >= 0.6 is 24.0 Å². The number of nitrogens with zero attached hydrogens (tertiary/aromatic N) is 2. The number of rotatable bonds is 5. The fourth-order valence-electron chi connectivity index (χ4n) is 1.47. The molecule has 0 saturated heterocycles. The minimum absolute atomic E-state index is 0. The van der Waals surface area contributed by atoms with Crippen molar-refractivity contribution in [3.63, 3.8) is 0 Å². The van der Waals surface area contributed by atoms with Crippen LogP contribution < -0.4 is 15.4 Å². The summed E-state index contributed by atoms with van der Waals surface area (Å²) in [6.45, 7) is 7.34. The Bertz CT molecular complexity index is 396. The van der Waals surface area contributed by atoms with Gasteiger partial charge in [-0.05, 0) is 26.8 Å². The van der Waals surface area contributed by atoms with Crippen molar-refractivity contribution < 1.29 is 4.74 Å². The molecule has 0 bridgehead atoms. The zero-order chi connectivity index (χ0) is 13.4. The van der Waals surface area contributed by atoms with Gasteiger partial charge >= 0.3 is 0 Å². The van der Waals surface area contributed by atoms with Gasteiger partial charge in [0.25, 0.3) is 0 Å². The van der Waals surface area contributed by atoms with Gasteiger partial charge in [0.1, 0.15) is 0 Å². The normalized spacial score (nSPS) is 10.9. The van der Waals surface area contributed by atoms with E-state index in [2.05, 4.69) is 34.5 Å². The lowest BCUT2D eigenvalue weighted by Crippen LogP contribution is -2.40. The summed E-state index contributed by atoms with van der Waals surface area (Å²) in [5, 5.41) is 6.46. The maximum atomic E-state index is 5.47. The predicted octanol–water partition coefficient (Wildman–Crippen LogP) is 2.17. The summed E-state index contributed by atoms with van der Waals surface area (Å²) in [6, 6.07) is 4.24. The average molecular weight is 378 g/mol. The maximum absolute atomic E-state index is 5.47. The molecule has 0 aliphatic rings. The van der Waals surface area contributed by atoms with Crippen molar-refractivity contribution in [2.24, 2.45) is 4.99 Å². The van der Waals surface area contributed by atoms with Crippen LogP contribution in [0.1, 0.15) is 26.3 Å². The highest BCUT2D eigenvalue weighted by molar-refractivity contribution is 14.0. The molecule has 108 valence electrons. The number of aromatic nitrogens is 1.